The number of rotatable bonds is 3. The van der Waals surface area contributed by atoms with Crippen molar-refractivity contribution in [3.05, 3.63) is 0 Å². The summed E-state index contributed by atoms with van der Waals surface area (Å²) in [5.41, 5.74) is -0.608. The van der Waals surface area contributed by atoms with Gasteiger partial charge in [0.1, 0.15) is 0 Å². The van der Waals surface area contributed by atoms with E-state index < -0.39 is 5.60 Å². The largest absolute Gasteiger partial charge is 0.396 e. The highest BCUT2D eigenvalue weighted by atomic mass is 16.3. The summed E-state index contributed by atoms with van der Waals surface area (Å²) in [6, 6.07) is 0. The second kappa shape index (κ2) is 3.05. The Morgan fingerprint density at radius 2 is 1.88 bits per heavy atom. The maximum Gasteiger partial charge on any atom is 0.0592 e. The smallest absolute Gasteiger partial charge is 0.0592 e. The highest BCUT2D eigenvalue weighted by Crippen LogP contribution is 2.08. The molecule has 2 nitrogen and oxygen atoms in total. The molecule has 0 aromatic rings. The van der Waals surface area contributed by atoms with E-state index in [4.69, 9.17) is 10.2 Å². The highest BCUT2D eigenvalue weighted by molar-refractivity contribution is 4.63. The van der Waals surface area contributed by atoms with E-state index in [-0.39, 0.29) is 6.61 Å². The minimum Gasteiger partial charge on any atom is -0.396 e. The van der Waals surface area contributed by atoms with Crippen molar-refractivity contribution in [2.24, 2.45) is 0 Å². The van der Waals surface area contributed by atoms with Crippen molar-refractivity contribution in [2.75, 3.05) is 6.61 Å². The summed E-state index contributed by atoms with van der Waals surface area (Å²) in [7, 11) is 0. The minimum atomic E-state index is -0.608. The van der Waals surface area contributed by atoms with Gasteiger partial charge in [0.2, 0.25) is 0 Å². The first-order valence-electron chi connectivity index (χ1n) is 2.89. The number of aliphatic hydroxyl groups is 2. The Morgan fingerprint density at radius 3 is 2.00 bits per heavy atom. The molecule has 0 radical (unpaired) electrons. The van der Waals surface area contributed by atoms with Crippen molar-refractivity contribution in [1.82, 2.24) is 0 Å². The van der Waals surface area contributed by atoms with Gasteiger partial charge in [-0.2, -0.15) is 0 Å². The summed E-state index contributed by atoms with van der Waals surface area (Å²) in [5, 5.41) is 17.4. The summed E-state index contributed by atoms with van der Waals surface area (Å²) in [6.07, 6.45) is 1.35. The first-order chi connectivity index (χ1) is 3.56. The summed E-state index contributed by atoms with van der Waals surface area (Å²) in [6.45, 7) is 3.65. The molecule has 8 heavy (non-hydrogen) atoms. The van der Waals surface area contributed by atoms with Crippen LogP contribution in [-0.2, 0) is 0 Å². The SMILES string of the molecule is CC(C)(O)CCCO. The van der Waals surface area contributed by atoms with Crippen molar-refractivity contribution >= 4 is 0 Å². The van der Waals surface area contributed by atoms with Crippen molar-refractivity contribution in [1.29, 1.82) is 0 Å². The van der Waals surface area contributed by atoms with E-state index in [0.29, 0.717) is 12.8 Å². The fraction of sp³-hybridized carbons (Fsp3) is 1.00. The summed E-state index contributed by atoms with van der Waals surface area (Å²) < 4.78 is 0. The molecule has 2 heteroatoms. The Labute approximate surface area is 50.2 Å². The summed E-state index contributed by atoms with van der Waals surface area (Å²) in [4.78, 5) is 0. The molecule has 0 aromatic carbocycles. The second-order valence-electron chi connectivity index (χ2n) is 2.64. The molecule has 0 aromatic heterocycles. The third kappa shape index (κ3) is 5.92. The van der Waals surface area contributed by atoms with Crippen LogP contribution in [0.15, 0.2) is 0 Å². The van der Waals surface area contributed by atoms with E-state index in [1.807, 2.05) is 0 Å². The standard InChI is InChI=1S/C6H14O2/c1-6(2,8)4-3-5-7/h7-8H,3-5H2,1-2H3. The van der Waals surface area contributed by atoms with E-state index >= 15 is 0 Å². The molecular formula is C6H14O2. The predicted molar refractivity (Wildman–Crippen MR) is 32.6 cm³/mol. The first-order valence-corrected chi connectivity index (χ1v) is 2.89. The number of hydrogen-bond donors (Lipinski definition) is 2. The summed E-state index contributed by atoms with van der Waals surface area (Å²) in [5.74, 6) is 0. The van der Waals surface area contributed by atoms with Crippen LogP contribution in [-0.4, -0.2) is 22.4 Å². The lowest BCUT2D eigenvalue weighted by Gasteiger charge is -2.14. The van der Waals surface area contributed by atoms with E-state index in [1.54, 1.807) is 13.8 Å². The number of aliphatic hydroxyl groups excluding tert-OH is 1. The van der Waals surface area contributed by atoms with Crippen LogP contribution < -0.4 is 0 Å². The van der Waals surface area contributed by atoms with Gasteiger partial charge in [-0.05, 0) is 26.7 Å². The third-order valence-corrected chi connectivity index (χ3v) is 0.947. The van der Waals surface area contributed by atoms with Gasteiger partial charge in [0.05, 0.1) is 5.60 Å². The lowest BCUT2D eigenvalue weighted by molar-refractivity contribution is 0.0628. The molecule has 0 saturated carbocycles. The molecule has 0 aliphatic carbocycles. The molecule has 0 heterocycles. The third-order valence-electron chi connectivity index (χ3n) is 0.947. The van der Waals surface area contributed by atoms with Crippen LogP contribution in [0.5, 0.6) is 0 Å². The van der Waals surface area contributed by atoms with Crippen LogP contribution in [0.2, 0.25) is 0 Å². The molecule has 2 N–H and O–H groups in total. The van der Waals surface area contributed by atoms with E-state index in [1.165, 1.54) is 0 Å². The predicted octanol–water partition coefficient (Wildman–Crippen LogP) is 0.530. The van der Waals surface area contributed by atoms with Crippen molar-refractivity contribution in [2.45, 2.75) is 32.3 Å². The van der Waals surface area contributed by atoms with Crippen LogP contribution in [0.3, 0.4) is 0 Å². The molecular weight excluding hydrogens is 104 g/mol. The van der Waals surface area contributed by atoms with Gasteiger partial charge < -0.3 is 10.2 Å². The Bertz CT molecular complexity index is 54.0. The molecule has 0 saturated heterocycles. The first kappa shape index (κ1) is 7.92. The van der Waals surface area contributed by atoms with Crippen molar-refractivity contribution in [3.63, 3.8) is 0 Å². The van der Waals surface area contributed by atoms with Crippen LogP contribution >= 0.6 is 0 Å². The number of hydrogen-bond acceptors (Lipinski definition) is 2. The minimum absolute atomic E-state index is 0.171. The van der Waals surface area contributed by atoms with E-state index in [9.17, 15) is 0 Å². The van der Waals surface area contributed by atoms with Gasteiger partial charge in [0.15, 0.2) is 0 Å². The zero-order valence-corrected chi connectivity index (χ0v) is 5.52. The van der Waals surface area contributed by atoms with E-state index in [0.717, 1.165) is 0 Å². The lowest BCUT2D eigenvalue weighted by atomic mass is 10.0. The van der Waals surface area contributed by atoms with Gasteiger partial charge in [0.25, 0.3) is 0 Å². The monoisotopic (exact) mass is 118 g/mol. The topological polar surface area (TPSA) is 40.5 Å². The quantitative estimate of drug-likeness (QED) is 0.567. The van der Waals surface area contributed by atoms with E-state index in [2.05, 4.69) is 0 Å². The van der Waals surface area contributed by atoms with Gasteiger partial charge >= 0.3 is 0 Å². The molecule has 50 valence electrons. The lowest BCUT2D eigenvalue weighted by Crippen LogP contribution is -2.18. The molecule has 0 aliphatic heterocycles. The Kier molecular flexibility index (Phi) is 3.02. The molecule has 0 amide bonds. The van der Waals surface area contributed by atoms with Gasteiger partial charge in [-0.1, -0.05) is 0 Å². The van der Waals surface area contributed by atoms with Crippen LogP contribution in [0, 0.1) is 0 Å². The molecule has 0 atom stereocenters. The average molecular weight is 118 g/mol. The maximum atomic E-state index is 9.04. The van der Waals surface area contributed by atoms with Gasteiger partial charge in [-0.3, -0.25) is 0 Å². The Balaban J connectivity index is 3.11. The van der Waals surface area contributed by atoms with Gasteiger partial charge in [0, 0.05) is 6.61 Å². The van der Waals surface area contributed by atoms with Crippen molar-refractivity contribution < 1.29 is 10.2 Å². The molecule has 0 bridgehead atoms. The average Bonchev–Trinajstić information content (AvgIpc) is 1.59. The van der Waals surface area contributed by atoms with Gasteiger partial charge in [-0.15, -0.1) is 0 Å². The Hall–Kier alpha value is -0.0800. The molecule has 0 spiro atoms. The van der Waals surface area contributed by atoms with Crippen LogP contribution in [0.4, 0.5) is 0 Å². The second-order valence-corrected chi connectivity index (χ2v) is 2.64. The summed E-state index contributed by atoms with van der Waals surface area (Å²) >= 11 is 0. The van der Waals surface area contributed by atoms with Crippen molar-refractivity contribution in [3.8, 4) is 0 Å². The van der Waals surface area contributed by atoms with Crippen LogP contribution in [0.25, 0.3) is 0 Å². The Morgan fingerprint density at radius 1 is 1.38 bits per heavy atom. The highest BCUT2D eigenvalue weighted by Gasteiger charge is 2.09. The fourth-order valence-corrected chi connectivity index (χ4v) is 0.512. The molecule has 0 fully saturated rings. The normalized spacial score (nSPS) is 12.0. The zero-order chi connectivity index (χ0) is 6.62. The van der Waals surface area contributed by atoms with Crippen LogP contribution in [0.1, 0.15) is 26.7 Å². The fourth-order valence-electron chi connectivity index (χ4n) is 0.512. The molecule has 0 unspecified atom stereocenters. The molecule has 0 aliphatic rings. The van der Waals surface area contributed by atoms with Gasteiger partial charge in [-0.25, -0.2) is 0 Å². The maximum absolute atomic E-state index is 9.04. The molecule has 0 rings (SSSR count). The zero-order valence-electron chi connectivity index (χ0n) is 5.52.